The third-order valence-electron chi connectivity index (χ3n) is 1.83. The number of halogens is 1. The van der Waals surface area contributed by atoms with Crippen molar-refractivity contribution < 1.29 is 4.79 Å². The van der Waals surface area contributed by atoms with Crippen molar-refractivity contribution in [1.29, 1.82) is 0 Å². The van der Waals surface area contributed by atoms with Crippen molar-refractivity contribution in [3.8, 4) is 0 Å². The Bertz CT molecular complexity index is 575. The Morgan fingerprint density at radius 2 is 2.31 bits per heavy atom. The second kappa shape index (κ2) is 4.19. The third-order valence-corrected chi connectivity index (χ3v) is 2.14. The minimum atomic E-state index is -0.487. The summed E-state index contributed by atoms with van der Waals surface area (Å²) in [4.78, 5) is 30.9. The molecule has 0 aliphatic heterocycles. The summed E-state index contributed by atoms with van der Waals surface area (Å²) in [5, 5.41) is 2.80. The first-order valence-corrected chi connectivity index (χ1v) is 4.74. The zero-order valence-corrected chi connectivity index (χ0v) is 8.71. The van der Waals surface area contributed by atoms with E-state index < -0.39 is 11.6 Å². The van der Waals surface area contributed by atoms with Crippen LogP contribution < -0.4 is 11.0 Å². The summed E-state index contributed by atoms with van der Waals surface area (Å²) in [6.45, 7) is 0. The number of hydrogen-bond acceptors (Lipinski definition) is 3. The van der Waals surface area contributed by atoms with E-state index in [4.69, 9.17) is 11.6 Å². The maximum absolute atomic E-state index is 11.6. The SMILES string of the molecule is O=C(Nc1ncccc1Cl)c1c[nH]c(=O)[nH]1. The van der Waals surface area contributed by atoms with Crippen molar-refractivity contribution in [3.05, 3.63) is 45.7 Å². The van der Waals surface area contributed by atoms with Gasteiger partial charge in [0.1, 0.15) is 5.69 Å². The first-order chi connectivity index (χ1) is 7.66. The van der Waals surface area contributed by atoms with Gasteiger partial charge < -0.3 is 15.3 Å². The highest BCUT2D eigenvalue weighted by Crippen LogP contribution is 2.17. The summed E-state index contributed by atoms with van der Waals surface area (Å²) in [7, 11) is 0. The highest BCUT2D eigenvalue weighted by atomic mass is 35.5. The van der Waals surface area contributed by atoms with Crippen LogP contribution in [0.5, 0.6) is 0 Å². The number of nitrogens with one attached hydrogen (secondary N) is 3. The van der Waals surface area contributed by atoms with Gasteiger partial charge >= 0.3 is 5.69 Å². The zero-order valence-electron chi connectivity index (χ0n) is 7.95. The standard InChI is InChI=1S/C9H7ClN4O2/c10-5-2-1-3-11-7(5)14-8(15)6-4-12-9(16)13-6/h1-4H,(H,11,14,15)(H2,12,13,16). The molecule has 2 aromatic heterocycles. The number of nitrogens with zero attached hydrogens (tertiary/aromatic N) is 1. The van der Waals surface area contributed by atoms with Crippen LogP contribution in [0.25, 0.3) is 0 Å². The maximum atomic E-state index is 11.6. The van der Waals surface area contributed by atoms with Gasteiger partial charge in [-0.15, -0.1) is 0 Å². The van der Waals surface area contributed by atoms with Gasteiger partial charge in [-0.25, -0.2) is 9.78 Å². The highest BCUT2D eigenvalue weighted by Gasteiger charge is 2.10. The first kappa shape index (κ1) is 10.4. The Morgan fingerprint density at radius 1 is 1.50 bits per heavy atom. The zero-order chi connectivity index (χ0) is 11.5. The van der Waals surface area contributed by atoms with E-state index in [1.54, 1.807) is 12.1 Å². The van der Waals surface area contributed by atoms with Crippen molar-refractivity contribution in [1.82, 2.24) is 15.0 Å². The van der Waals surface area contributed by atoms with E-state index in [9.17, 15) is 9.59 Å². The average molecular weight is 239 g/mol. The molecule has 0 aliphatic rings. The van der Waals surface area contributed by atoms with Gasteiger partial charge in [-0.05, 0) is 12.1 Å². The molecule has 2 aromatic rings. The quantitative estimate of drug-likeness (QED) is 0.729. The molecule has 2 rings (SSSR count). The summed E-state index contributed by atoms with van der Waals surface area (Å²) < 4.78 is 0. The lowest BCUT2D eigenvalue weighted by Crippen LogP contribution is -2.15. The van der Waals surface area contributed by atoms with Gasteiger partial charge in [-0.1, -0.05) is 11.6 Å². The number of carbonyl (C=O) groups is 1. The van der Waals surface area contributed by atoms with Crippen molar-refractivity contribution in [2.45, 2.75) is 0 Å². The normalized spacial score (nSPS) is 10.1. The van der Waals surface area contributed by atoms with Crippen LogP contribution in [0.2, 0.25) is 5.02 Å². The lowest BCUT2D eigenvalue weighted by atomic mass is 10.4. The van der Waals surface area contributed by atoms with E-state index >= 15 is 0 Å². The van der Waals surface area contributed by atoms with Gasteiger partial charge in [0.2, 0.25) is 0 Å². The fourth-order valence-electron chi connectivity index (χ4n) is 1.11. The minimum Gasteiger partial charge on any atom is -0.312 e. The Morgan fingerprint density at radius 3 is 2.94 bits per heavy atom. The van der Waals surface area contributed by atoms with Crippen molar-refractivity contribution >= 4 is 23.3 Å². The number of aromatic amines is 2. The monoisotopic (exact) mass is 238 g/mol. The molecule has 2 heterocycles. The lowest BCUT2D eigenvalue weighted by Gasteiger charge is -2.03. The van der Waals surface area contributed by atoms with Crippen LogP contribution in [0, 0.1) is 0 Å². The Kier molecular flexibility index (Phi) is 2.74. The molecule has 82 valence electrons. The van der Waals surface area contributed by atoms with E-state index in [2.05, 4.69) is 20.3 Å². The molecule has 0 fully saturated rings. The average Bonchev–Trinajstić information content (AvgIpc) is 2.68. The van der Waals surface area contributed by atoms with E-state index in [0.717, 1.165) is 0 Å². The molecule has 0 aromatic carbocycles. The molecule has 7 heteroatoms. The molecular formula is C9H7ClN4O2. The maximum Gasteiger partial charge on any atom is 0.323 e. The number of carbonyl (C=O) groups excluding carboxylic acids is 1. The molecule has 0 saturated carbocycles. The molecule has 1 amide bonds. The number of anilines is 1. The van der Waals surface area contributed by atoms with E-state index in [1.807, 2.05) is 0 Å². The predicted octanol–water partition coefficient (Wildman–Crippen LogP) is 1.00. The molecule has 0 atom stereocenters. The molecule has 0 radical (unpaired) electrons. The predicted molar refractivity (Wildman–Crippen MR) is 58.6 cm³/mol. The van der Waals surface area contributed by atoms with Gasteiger partial charge in [-0.2, -0.15) is 0 Å². The van der Waals surface area contributed by atoms with Crippen LogP contribution in [0.4, 0.5) is 5.82 Å². The third kappa shape index (κ3) is 2.12. The fraction of sp³-hybridized carbons (Fsp3) is 0. The smallest absolute Gasteiger partial charge is 0.312 e. The van der Waals surface area contributed by atoms with Crippen LogP contribution in [-0.4, -0.2) is 20.9 Å². The van der Waals surface area contributed by atoms with E-state index in [0.29, 0.717) is 5.02 Å². The molecule has 16 heavy (non-hydrogen) atoms. The first-order valence-electron chi connectivity index (χ1n) is 4.36. The second-order valence-electron chi connectivity index (χ2n) is 2.94. The molecule has 0 saturated heterocycles. The summed E-state index contributed by atoms with van der Waals surface area (Å²) in [5.74, 6) is -0.241. The summed E-state index contributed by atoms with van der Waals surface area (Å²) in [5.41, 5.74) is -0.330. The van der Waals surface area contributed by atoms with Crippen LogP contribution in [0.15, 0.2) is 29.3 Å². The Hall–Kier alpha value is -2.08. The number of H-pyrrole nitrogens is 2. The summed E-state index contributed by atoms with van der Waals surface area (Å²) in [6, 6.07) is 3.25. The number of rotatable bonds is 2. The lowest BCUT2D eigenvalue weighted by molar-refractivity contribution is 0.102. The summed E-state index contributed by atoms with van der Waals surface area (Å²) in [6.07, 6.45) is 2.77. The Balaban J connectivity index is 2.20. The molecule has 0 unspecified atom stereocenters. The van der Waals surface area contributed by atoms with Gasteiger partial charge in [0.05, 0.1) is 5.02 Å². The van der Waals surface area contributed by atoms with Crippen LogP contribution >= 0.6 is 11.6 Å². The fourth-order valence-corrected chi connectivity index (χ4v) is 1.28. The number of hydrogen-bond donors (Lipinski definition) is 3. The minimum absolute atomic E-state index is 0.117. The van der Waals surface area contributed by atoms with E-state index in [1.165, 1.54) is 12.4 Å². The van der Waals surface area contributed by atoms with Crippen LogP contribution in [0.1, 0.15) is 10.5 Å². The second-order valence-corrected chi connectivity index (χ2v) is 3.35. The van der Waals surface area contributed by atoms with Crippen LogP contribution in [0.3, 0.4) is 0 Å². The molecule has 3 N–H and O–H groups in total. The van der Waals surface area contributed by atoms with Gasteiger partial charge in [0, 0.05) is 12.4 Å². The number of pyridine rings is 1. The molecule has 0 spiro atoms. The molecular weight excluding hydrogens is 232 g/mol. The van der Waals surface area contributed by atoms with Crippen molar-refractivity contribution in [2.75, 3.05) is 5.32 Å². The number of amides is 1. The van der Waals surface area contributed by atoms with Crippen molar-refractivity contribution in [2.24, 2.45) is 0 Å². The van der Waals surface area contributed by atoms with Gasteiger partial charge in [-0.3, -0.25) is 4.79 Å². The van der Waals surface area contributed by atoms with Gasteiger partial charge in [0.25, 0.3) is 5.91 Å². The molecule has 0 bridgehead atoms. The topological polar surface area (TPSA) is 90.6 Å². The largest absolute Gasteiger partial charge is 0.323 e. The number of imidazole rings is 1. The van der Waals surface area contributed by atoms with Gasteiger partial charge in [0.15, 0.2) is 5.82 Å². The van der Waals surface area contributed by atoms with Crippen LogP contribution in [-0.2, 0) is 0 Å². The molecule has 0 aliphatic carbocycles. The highest BCUT2D eigenvalue weighted by molar-refractivity contribution is 6.33. The molecule has 6 nitrogen and oxygen atoms in total. The Labute approximate surface area is 94.7 Å². The number of aromatic nitrogens is 3. The van der Waals surface area contributed by atoms with E-state index in [-0.39, 0.29) is 11.5 Å². The summed E-state index contributed by atoms with van der Waals surface area (Å²) >= 11 is 5.80. The van der Waals surface area contributed by atoms with Crippen molar-refractivity contribution in [3.63, 3.8) is 0 Å².